The number of benzene rings is 1. The van der Waals surface area contributed by atoms with E-state index in [9.17, 15) is 13.6 Å². The van der Waals surface area contributed by atoms with Gasteiger partial charge in [-0.1, -0.05) is 16.7 Å². The molecule has 0 heterocycles. The average Bonchev–Trinajstić information content (AvgIpc) is 2.33. The van der Waals surface area contributed by atoms with Crippen LogP contribution in [0.4, 0.5) is 8.78 Å². The topological polar surface area (TPSA) is 77.9 Å². The minimum absolute atomic E-state index is 0.196. The van der Waals surface area contributed by atoms with E-state index in [4.69, 9.17) is 17.1 Å². The first-order valence-electron chi connectivity index (χ1n) is 5.00. The minimum Gasteiger partial charge on any atom is -0.352 e. The molecule has 0 aliphatic rings. The summed E-state index contributed by atoms with van der Waals surface area (Å²) in [7, 11) is 0. The summed E-state index contributed by atoms with van der Waals surface area (Å²) in [4.78, 5) is 14.0. The van der Waals surface area contributed by atoms with E-state index in [-0.39, 0.29) is 18.1 Å². The number of hydrogen-bond donors (Lipinski definition) is 1. The Kier molecular flexibility index (Phi) is 5.35. The Morgan fingerprint density at radius 1 is 1.44 bits per heavy atom. The van der Waals surface area contributed by atoms with Crippen molar-refractivity contribution in [1.29, 1.82) is 0 Å². The smallest absolute Gasteiger partial charge is 0.254 e. The zero-order valence-electron chi connectivity index (χ0n) is 9.16. The van der Waals surface area contributed by atoms with E-state index in [1.807, 2.05) is 0 Å². The van der Waals surface area contributed by atoms with Crippen LogP contribution in [0.25, 0.3) is 10.4 Å². The molecule has 0 saturated carbocycles. The van der Waals surface area contributed by atoms with E-state index >= 15 is 0 Å². The second-order valence-corrected chi connectivity index (χ2v) is 3.72. The molecule has 1 N–H and O–H groups in total. The van der Waals surface area contributed by atoms with Crippen LogP contribution in [0.3, 0.4) is 0 Å². The summed E-state index contributed by atoms with van der Waals surface area (Å²) in [6, 6.07) is 1.48. The number of carbonyl (C=O) groups excluding carboxylic acids is 1. The van der Waals surface area contributed by atoms with Gasteiger partial charge >= 0.3 is 0 Å². The van der Waals surface area contributed by atoms with Gasteiger partial charge in [0.2, 0.25) is 0 Å². The molecule has 0 bridgehead atoms. The Hall–Kier alpha value is -1.85. The van der Waals surface area contributed by atoms with Crippen LogP contribution in [-0.2, 0) is 0 Å². The van der Waals surface area contributed by atoms with Crippen molar-refractivity contribution in [3.05, 3.63) is 44.8 Å². The third kappa shape index (κ3) is 3.87. The number of nitrogens with one attached hydrogen (secondary N) is 1. The van der Waals surface area contributed by atoms with Crippen LogP contribution in [-0.4, -0.2) is 19.0 Å². The third-order valence-electron chi connectivity index (χ3n) is 2.04. The summed E-state index contributed by atoms with van der Waals surface area (Å²) in [5.41, 5.74) is 7.60. The van der Waals surface area contributed by atoms with Crippen LogP contribution >= 0.6 is 11.6 Å². The second kappa shape index (κ2) is 6.78. The number of rotatable bonds is 5. The molecule has 18 heavy (non-hydrogen) atoms. The molecule has 0 saturated heterocycles. The highest BCUT2D eigenvalue weighted by atomic mass is 35.5. The molecular formula is C10H9ClF2N4O. The van der Waals surface area contributed by atoms with Crippen LogP contribution in [0.1, 0.15) is 16.8 Å². The fourth-order valence-electron chi connectivity index (χ4n) is 1.19. The Balaban J connectivity index is 2.61. The molecule has 0 spiro atoms. The molecule has 8 heteroatoms. The SMILES string of the molecule is [N-]=[N+]=NCCCNC(=O)c1cc(F)c(Cl)cc1F. The number of hydrogen-bond acceptors (Lipinski definition) is 2. The monoisotopic (exact) mass is 274 g/mol. The Morgan fingerprint density at radius 3 is 2.83 bits per heavy atom. The van der Waals surface area contributed by atoms with Crippen molar-refractivity contribution in [3.8, 4) is 0 Å². The summed E-state index contributed by atoms with van der Waals surface area (Å²) < 4.78 is 26.4. The Labute approximate surface area is 106 Å². The lowest BCUT2D eigenvalue weighted by Crippen LogP contribution is -2.26. The molecule has 5 nitrogen and oxygen atoms in total. The van der Waals surface area contributed by atoms with E-state index in [0.717, 1.165) is 12.1 Å². The Morgan fingerprint density at radius 2 is 2.17 bits per heavy atom. The molecular weight excluding hydrogens is 266 g/mol. The van der Waals surface area contributed by atoms with Crippen LogP contribution in [0, 0.1) is 11.6 Å². The third-order valence-corrected chi connectivity index (χ3v) is 2.33. The predicted octanol–water partition coefficient (Wildman–Crippen LogP) is 3.05. The number of nitrogens with zero attached hydrogens (tertiary/aromatic N) is 3. The zero-order chi connectivity index (χ0) is 13.5. The number of halogens is 3. The number of azide groups is 1. The fourth-order valence-corrected chi connectivity index (χ4v) is 1.34. The van der Waals surface area contributed by atoms with Gasteiger partial charge in [0.05, 0.1) is 10.6 Å². The summed E-state index contributed by atoms with van der Waals surface area (Å²) in [5.74, 6) is -2.50. The van der Waals surface area contributed by atoms with Crippen LogP contribution in [0.5, 0.6) is 0 Å². The minimum atomic E-state index is -0.894. The lowest BCUT2D eigenvalue weighted by molar-refractivity contribution is 0.0949. The van der Waals surface area contributed by atoms with Crippen LogP contribution < -0.4 is 5.32 Å². The molecule has 0 unspecified atom stereocenters. The highest BCUT2D eigenvalue weighted by Crippen LogP contribution is 2.19. The van der Waals surface area contributed by atoms with Crippen molar-refractivity contribution >= 4 is 17.5 Å². The van der Waals surface area contributed by atoms with Gasteiger partial charge in [-0.2, -0.15) is 0 Å². The lowest BCUT2D eigenvalue weighted by atomic mass is 10.2. The van der Waals surface area contributed by atoms with Crippen molar-refractivity contribution < 1.29 is 13.6 Å². The van der Waals surface area contributed by atoms with Gasteiger partial charge in [0.1, 0.15) is 11.6 Å². The van der Waals surface area contributed by atoms with Crippen LogP contribution in [0.15, 0.2) is 17.2 Å². The van der Waals surface area contributed by atoms with Crippen molar-refractivity contribution in [2.75, 3.05) is 13.1 Å². The molecule has 1 amide bonds. The molecule has 0 atom stereocenters. The predicted molar refractivity (Wildman–Crippen MR) is 62.3 cm³/mol. The van der Waals surface area contributed by atoms with Gasteiger partial charge in [-0.05, 0) is 24.1 Å². The van der Waals surface area contributed by atoms with Gasteiger partial charge in [-0.15, -0.1) is 0 Å². The van der Waals surface area contributed by atoms with Gasteiger partial charge in [0, 0.05) is 18.0 Å². The lowest BCUT2D eigenvalue weighted by Gasteiger charge is -2.06. The van der Waals surface area contributed by atoms with E-state index in [0.29, 0.717) is 6.42 Å². The first-order chi connectivity index (χ1) is 8.56. The van der Waals surface area contributed by atoms with Crippen molar-refractivity contribution in [2.24, 2.45) is 5.11 Å². The van der Waals surface area contributed by atoms with Gasteiger partial charge in [-0.25, -0.2) is 8.78 Å². The van der Waals surface area contributed by atoms with Gasteiger partial charge in [0.25, 0.3) is 5.91 Å². The maximum Gasteiger partial charge on any atom is 0.254 e. The van der Waals surface area contributed by atoms with Crippen molar-refractivity contribution in [2.45, 2.75) is 6.42 Å². The average molecular weight is 275 g/mol. The summed E-state index contributed by atoms with van der Waals surface area (Å²) >= 11 is 5.36. The van der Waals surface area contributed by atoms with Crippen molar-refractivity contribution in [1.82, 2.24) is 5.32 Å². The Bertz CT molecular complexity index is 503. The summed E-state index contributed by atoms with van der Waals surface area (Å²) in [6.45, 7) is 0.412. The summed E-state index contributed by atoms with van der Waals surface area (Å²) in [6.07, 6.45) is 0.410. The first-order valence-corrected chi connectivity index (χ1v) is 5.37. The number of carbonyl (C=O) groups is 1. The second-order valence-electron chi connectivity index (χ2n) is 3.31. The largest absolute Gasteiger partial charge is 0.352 e. The van der Waals surface area contributed by atoms with Gasteiger partial charge in [0.15, 0.2) is 0 Å². The molecule has 0 aliphatic heterocycles. The van der Waals surface area contributed by atoms with Crippen molar-refractivity contribution in [3.63, 3.8) is 0 Å². The molecule has 0 aliphatic carbocycles. The maximum atomic E-state index is 13.3. The molecule has 0 fully saturated rings. The first kappa shape index (κ1) is 14.2. The molecule has 96 valence electrons. The fraction of sp³-hybridized carbons (Fsp3) is 0.300. The summed E-state index contributed by atoms with van der Waals surface area (Å²) in [5, 5.41) is 5.25. The molecule has 0 radical (unpaired) electrons. The van der Waals surface area contributed by atoms with E-state index in [1.165, 1.54) is 0 Å². The highest BCUT2D eigenvalue weighted by Gasteiger charge is 2.14. The molecule has 1 aromatic carbocycles. The number of amides is 1. The van der Waals surface area contributed by atoms with Crippen LogP contribution in [0.2, 0.25) is 5.02 Å². The van der Waals surface area contributed by atoms with E-state index in [1.54, 1.807) is 0 Å². The van der Waals surface area contributed by atoms with E-state index in [2.05, 4.69) is 15.3 Å². The zero-order valence-corrected chi connectivity index (χ0v) is 9.92. The standard InChI is InChI=1S/C10H9ClF2N4O/c11-7-5-8(12)6(4-9(7)13)10(18)15-2-1-3-16-17-14/h4-5H,1-3H2,(H,15,18). The maximum absolute atomic E-state index is 13.3. The highest BCUT2D eigenvalue weighted by molar-refractivity contribution is 6.30. The van der Waals surface area contributed by atoms with Gasteiger partial charge < -0.3 is 5.32 Å². The normalized spacial score (nSPS) is 9.72. The molecule has 1 aromatic rings. The molecule has 1 rings (SSSR count). The quantitative estimate of drug-likeness (QED) is 0.289. The van der Waals surface area contributed by atoms with Gasteiger partial charge in [-0.3, -0.25) is 4.79 Å². The van der Waals surface area contributed by atoms with E-state index < -0.39 is 23.1 Å². The molecule has 0 aromatic heterocycles.